The van der Waals surface area contributed by atoms with Crippen molar-refractivity contribution in [1.82, 2.24) is 53.2 Å². The molecule has 0 bridgehead atoms. The van der Waals surface area contributed by atoms with Gasteiger partial charge in [-0.3, -0.25) is 77.3 Å². The van der Waals surface area contributed by atoms with E-state index in [0.29, 0.717) is 0 Å². The molecule has 1 unspecified atom stereocenters. The standard InChI is InChI=1S/C53H90N22O15/c1-23(54)39(78)37(30-14-16-31(76)17-15-30)38(56)49(88)70-28(6)44(83)72-32(11-8-20-63-51(57)58)45(84)68-25(3)41(80)66-24(2)40(79)67-26(4)42(81)74-34(13-10-22-65-53(61)62)48(87)75-35(18-19-36(55)77)47(86)69-27(5)43(82)73-33(12-9-21-64-52(59)60)46(85)71-29(7)50(89)90/h14-17,23-29,32-35,37-38,76H,8-13,18-22,54,56H2,1-7H3,(H2,55,77)(H,66,80)(H,67,79)(H,68,84)(H,69,86)(H,70,88)(H,71,85)(H,72,83)(H,73,82)(H,74,81)(H,75,87)(H,89,90)(H4,57,58,63)(H4,59,60,64)(H4,61,62,65)/t23-,24-,25-,26-,27-,28-,29-,32-,33-,34-,35-,37?,38-/m0/s1. The van der Waals surface area contributed by atoms with Gasteiger partial charge in [-0.2, -0.15) is 0 Å². The molecule has 0 saturated carbocycles. The van der Waals surface area contributed by atoms with Crippen LogP contribution in [-0.4, -0.2) is 197 Å². The summed E-state index contributed by atoms with van der Waals surface area (Å²) in [6.07, 6.45) is -0.928. The molecule has 0 spiro atoms. The minimum atomic E-state index is -1.59. The number of aliphatic imine (C=N–C) groups is 3. The minimum Gasteiger partial charge on any atom is -0.508 e. The van der Waals surface area contributed by atoms with Crippen LogP contribution in [0.4, 0.5) is 0 Å². The maximum atomic E-state index is 14.0. The highest BCUT2D eigenvalue weighted by molar-refractivity contribution is 6.00. The Morgan fingerprint density at radius 1 is 0.400 bits per heavy atom. The van der Waals surface area contributed by atoms with Crippen molar-refractivity contribution in [2.45, 2.75) is 178 Å². The number of phenolic OH excluding ortho intramolecular Hbond substituents is 1. The summed E-state index contributed by atoms with van der Waals surface area (Å²) < 4.78 is 0. The number of amides is 11. The summed E-state index contributed by atoms with van der Waals surface area (Å²) in [6, 6.07) is -11.4. The number of nitrogens with zero attached hydrogens (tertiary/aromatic N) is 3. The number of carbonyl (C=O) groups excluding carboxylic acids is 12. The Bertz CT molecular complexity index is 2770. The first kappa shape index (κ1) is 78.1. The van der Waals surface area contributed by atoms with Crippen LogP contribution in [0.25, 0.3) is 0 Å². The van der Waals surface area contributed by atoms with Crippen LogP contribution in [0.2, 0.25) is 0 Å². The zero-order valence-corrected chi connectivity index (χ0v) is 51.3. The second kappa shape index (κ2) is 39.1. The SMILES string of the molecule is C[C@H](N)C(=O)C(c1ccc(O)cc1)[C@H](N)C(=O)N[C@@H](C)C(=O)N[C@@H](CCCN=C(N)N)C(=O)N[C@@H](C)C(=O)N[C@@H](C)C(=O)N[C@@H](C)C(=O)N[C@@H](CCCN=C(N)N)C(=O)N[C@@H](CCC(N)=O)C(=O)N[C@@H](C)C(=O)N[C@@H](CCCN=C(N)N)C(=O)N[C@@H](C)C(=O)O. The van der Waals surface area contributed by atoms with E-state index in [1.165, 1.54) is 72.7 Å². The fourth-order valence-electron chi connectivity index (χ4n) is 8.02. The van der Waals surface area contributed by atoms with Gasteiger partial charge in [0, 0.05) is 26.1 Å². The van der Waals surface area contributed by atoms with Crippen molar-refractivity contribution in [2.24, 2.45) is 66.6 Å². The number of ketones is 1. The van der Waals surface area contributed by atoms with E-state index in [9.17, 15) is 72.5 Å². The monoisotopic (exact) mass is 1270 g/mol. The molecular weight excluding hydrogens is 1180 g/mol. The number of hydrogen-bond acceptors (Lipinski definition) is 19. The number of carboxylic acid groups (broad SMARTS) is 1. The molecule has 502 valence electrons. The third kappa shape index (κ3) is 29.2. The van der Waals surface area contributed by atoms with Crippen LogP contribution < -0.4 is 105 Å². The van der Waals surface area contributed by atoms with E-state index in [1.54, 1.807) is 0 Å². The van der Waals surface area contributed by atoms with Gasteiger partial charge >= 0.3 is 5.97 Å². The first-order valence-corrected chi connectivity index (χ1v) is 28.5. The van der Waals surface area contributed by atoms with Crippen LogP contribution >= 0.6 is 0 Å². The lowest BCUT2D eigenvalue weighted by Crippen LogP contribution is -2.59. The van der Waals surface area contributed by atoms with Crippen LogP contribution in [0, 0.1) is 0 Å². The fourth-order valence-corrected chi connectivity index (χ4v) is 8.02. The zero-order chi connectivity index (χ0) is 68.7. The molecule has 0 aromatic heterocycles. The van der Waals surface area contributed by atoms with Crippen LogP contribution in [0.5, 0.6) is 5.75 Å². The van der Waals surface area contributed by atoms with Crippen LogP contribution in [0.3, 0.4) is 0 Å². The molecule has 0 aliphatic heterocycles. The van der Waals surface area contributed by atoms with Crippen molar-refractivity contribution in [1.29, 1.82) is 0 Å². The molecule has 11 amide bonds. The Hall–Kier alpha value is -9.94. The molecule has 0 aliphatic rings. The molecule has 0 radical (unpaired) electrons. The molecule has 90 heavy (non-hydrogen) atoms. The lowest BCUT2D eigenvalue weighted by molar-refractivity contribution is -0.142. The van der Waals surface area contributed by atoms with Gasteiger partial charge < -0.3 is 115 Å². The van der Waals surface area contributed by atoms with Gasteiger partial charge in [-0.25, -0.2) is 0 Å². The van der Waals surface area contributed by atoms with Crippen molar-refractivity contribution in [3.05, 3.63) is 29.8 Å². The number of hydrogen-bond donors (Lipinski definition) is 21. The van der Waals surface area contributed by atoms with Crippen molar-refractivity contribution in [2.75, 3.05) is 19.6 Å². The summed E-state index contributed by atoms with van der Waals surface area (Å²) in [6.45, 7) is 8.85. The van der Waals surface area contributed by atoms with Crippen molar-refractivity contribution in [3.63, 3.8) is 0 Å². The number of guanidine groups is 3. The van der Waals surface area contributed by atoms with Crippen molar-refractivity contribution < 1.29 is 72.5 Å². The van der Waals surface area contributed by atoms with Gasteiger partial charge in [0.15, 0.2) is 23.7 Å². The van der Waals surface area contributed by atoms with Crippen molar-refractivity contribution >= 4 is 94.6 Å². The predicted octanol–water partition coefficient (Wildman–Crippen LogP) is -8.80. The highest BCUT2D eigenvalue weighted by Gasteiger charge is 2.37. The second-order valence-corrected chi connectivity index (χ2v) is 21.1. The Morgan fingerprint density at radius 3 is 0.989 bits per heavy atom. The molecule has 0 heterocycles. The van der Waals surface area contributed by atoms with Gasteiger partial charge in [0.1, 0.15) is 66.2 Å². The number of aromatic hydroxyl groups is 1. The van der Waals surface area contributed by atoms with Gasteiger partial charge in [0.25, 0.3) is 0 Å². The molecule has 1 aromatic rings. The normalized spacial score (nSPS) is 15.2. The molecule has 37 heteroatoms. The number of aliphatic carboxylic acids is 1. The summed E-state index contributed by atoms with van der Waals surface area (Å²) >= 11 is 0. The average Bonchev–Trinajstić information content (AvgIpc) is 0.992. The number of rotatable bonds is 40. The molecule has 0 fully saturated rings. The number of nitrogens with two attached hydrogens (primary N) is 9. The highest BCUT2D eigenvalue weighted by Crippen LogP contribution is 2.24. The lowest BCUT2D eigenvalue weighted by Gasteiger charge is -2.27. The van der Waals surface area contributed by atoms with Gasteiger partial charge in [-0.05, 0) is 111 Å². The highest BCUT2D eigenvalue weighted by atomic mass is 16.4. The summed E-state index contributed by atoms with van der Waals surface area (Å²) in [5.74, 6) is -14.4. The van der Waals surface area contributed by atoms with Gasteiger partial charge in [-0.1, -0.05) is 12.1 Å². The lowest BCUT2D eigenvalue weighted by atomic mass is 9.85. The maximum Gasteiger partial charge on any atom is 0.325 e. The largest absolute Gasteiger partial charge is 0.508 e. The number of benzene rings is 1. The molecule has 1 aromatic carbocycles. The van der Waals surface area contributed by atoms with Crippen LogP contribution in [-0.2, 0) is 62.3 Å². The van der Waals surface area contributed by atoms with E-state index in [4.69, 9.17) is 51.6 Å². The molecule has 0 saturated heterocycles. The Kier molecular flexibility index (Phi) is 33.9. The number of phenols is 1. The quantitative estimate of drug-likeness (QED) is 0.0165. The number of carbonyl (C=O) groups is 13. The molecule has 13 atom stereocenters. The van der Waals surface area contributed by atoms with Gasteiger partial charge in [0.05, 0.1) is 18.0 Å². The molecule has 1 rings (SSSR count). The van der Waals surface area contributed by atoms with E-state index in [-0.39, 0.29) is 87.4 Å². The maximum absolute atomic E-state index is 14.0. The topological polar surface area (TPSA) is 654 Å². The van der Waals surface area contributed by atoms with E-state index >= 15 is 0 Å². The van der Waals surface area contributed by atoms with E-state index in [0.717, 1.165) is 0 Å². The molecular formula is C53H90N22O15. The number of Topliss-reactive ketones (excluding diaryl/α,β-unsaturated/α-hetero) is 1. The summed E-state index contributed by atoms with van der Waals surface area (Å²) in [5, 5.41) is 43.2. The Morgan fingerprint density at radius 2 is 0.678 bits per heavy atom. The Labute approximate surface area is 519 Å². The van der Waals surface area contributed by atoms with E-state index in [1.807, 2.05) is 0 Å². The number of carboxylic acids is 1. The molecule has 30 N–H and O–H groups in total. The average molecular weight is 1280 g/mol. The third-order valence-corrected chi connectivity index (χ3v) is 13.2. The molecule has 37 nitrogen and oxygen atoms in total. The Balaban J connectivity index is 3.23. The van der Waals surface area contributed by atoms with Gasteiger partial charge in [-0.15, -0.1) is 0 Å². The molecule has 0 aliphatic carbocycles. The smallest absolute Gasteiger partial charge is 0.325 e. The second-order valence-electron chi connectivity index (χ2n) is 21.1. The first-order valence-electron chi connectivity index (χ1n) is 28.5. The van der Waals surface area contributed by atoms with Crippen LogP contribution in [0.15, 0.2) is 39.2 Å². The van der Waals surface area contributed by atoms with Crippen molar-refractivity contribution in [3.8, 4) is 5.75 Å². The van der Waals surface area contributed by atoms with E-state index < -0.39 is 168 Å². The van der Waals surface area contributed by atoms with E-state index in [2.05, 4.69) is 68.1 Å². The third-order valence-electron chi connectivity index (χ3n) is 13.2. The first-order chi connectivity index (χ1) is 42.0. The summed E-state index contributed by atoms with van der Waals surface area (Å²) in [7, 11) is 0. The summed E-state index contributed by atoms with van der Waals surface area (Å²) in [5.41, 5.74) is 50.2. The minimum absolute atomic E-state index is 0.0150. The predicted molar refractivity (Wildman–Crippen MR) is 327 cm³/mol. The zero-order valence-electron chi connectivity index (χ0n) is 51.3. The van der Waals surface area contributed by atoms with Gasteiger partial charge in [0.2, 0.25) is 65.0 Å². The fraction of sp³-hybridized carbons (Fsp3) is 0.585. The summed E-state index contributed by atoms with van der Waals surface area (Å²) in [4.78, 5) is 183. The van der Waals surface area contributed by atoms with Crippen LogP contribution in [0.1, 0.15) is 111 Å². The number of primary amides is 1. The number of nitrogens with one attached hydrogen (secondary N) is 10.